The topological polar surface area (TPSA) is 52.6 Å². The molecule has 0 spiro atoms. The molecule has 164 valence electrons. The Labute approximate surface area is 193 Å². The van der Waals surface area contributed by atoms with Crippen LogP contribution in [0, 0.1) is 0 Å². The number of halogens is 4. The minimum Gasteiger partial charge on any atom is -0.466 e. The first-order chi connectivity index (χ1) is 13.9. The molecule has 0 saturated heterocycles. The highest BCUT2D eigenvalue weighted by Gasteiger charge is 2.18. The van der Waals surface area contributed by atoms with E-state index in [9.17, 15) is 9.59 Å². The van der Waals surface area contributed by atoms with E-state index in [0.717, 1.165) is 51.4 Å². The molecule has 0 unspecified atom stereocenters. The molecule has 0 aliphatic heterocycles. The number of ether oxygens (including phenoxy) is 2. The second-order valence-corrected chi connectivity index (χ2v) is 8.39. The molecular formula is C21H28Cl4O4. The molecule has 1 aromatic carbocycles. The number of benzene rings is 1. The van der Waals surface area contributed by atoms with Crippen molar-refractivity contribution in [3.05, 3.63) is 26.2 Å². The van der Waals surface area contributed by atoms with Crippen molar-refractivity contribution in [2.75, 3.05) is 6.61 Å². The molecule has 4 nitrogen and oxygen atoms in total. The highest BCUT2D eigenvalue weighted by atomic mass is 35.5. The molecule has 1 rings (SSSR count). The number of rotatable bonds is 14. The van der Waals surface area contributed by atoms with Crippen molar-refractivity contribution in [2.24, 2.45) is 0 Å². The van der Waals surface area contributed by atoms with Crippen LogP contribution in [0.3, 0.4) is 0 Å². The van der Waals surface area contributed by atoms with Crippen molar-refractivity contribution in [1.82, 2.24) is 0 Å². The fourth-order valence-corrected chi connectivity index (χ4v) is 3.53. The molecule has 0 N–H and O–H groups in total. The van der Waals surface area contributed by atoms with Gasteiger partial charge in [0.1, 0.15) is 10.0 Å². The summed E-state index contributed by atoms with van der Waals surface area (Å²) in [7, 11) is 0. The van der Waals surface area contributed by atoms with E-state index in [1.165, 1.54) is 6.07 Å². The maximum atomic E-state index is 12.0. The van der Waals surface area contributed by atoms with Crippen LogP contribution in [0.25, 0.3) is 0 Å². The smallest absolute Gasteiger partial charge is 0.311 e. The van der Waals surface area contributed by atoms with Crippen LogP contribution >= 0.6 is 46.4 Å². The Hall–Kier alpha value is -0.680. The van der Waals surface area contributed by atoms with Gasteiger partial charge in [-0.2, -0.15) is 0 Å². The molecule has 0 aliphatic carbocycles. The third kappa shape index (κ3) is 10.8. The van der Waals surface area contributed by atoms with Gasteiger partial charge in [-0.25, -0.2) is 0 Å². The zero-order valence-corrected chi connectivity index (χ0v) is 19.7. The molecule has 0 bridgehead atoms. The van der Waals surface area contributed by atoms with E-state index in [4.69, 9.17) is 55.9 Å². The van der Waals surface area contributed by atoms with Gasteiger partial charge in [-0.1, -0.05) is 91.9 Å². The number of hydrogen-bond acceptors (Lipinski definition) is 4. The molecule has 1 aromatic rings. The Morgan fingerprint density at radius 1 is 0.759 bits per heavy atom. The predicted octanol–water partition coefficient (Wildman–Crippen LogP) is 8.06. The first-order valence-corrected chi connectivity index (χ1v) is 11.6. The number of hydrogen-bond donors (Lipinski definition) is 0. The van der Waals surface area contributed by atoms with Gasteiger partial charge >= 0.3 is 11.9 Å². The van der Waals surface area contributed by atoms with Gasteiger partial charge in [0.15, 0.2) is 5.75 Å². The van der Waals surface area contributed by atoms with Gasteiger partial charge in [-0.3, -0.25) is 9.59 Å². The fraction of sp³-hybridized carbons (Fsp3) is 0.619. The van der Waals surface area contributed by atoms with Crippen LogP contribution in [0.5, 0.6) is 5.75 Å². The van der Waals surface area contributed by atoms with Gasteiger partial charge < -0.3 is 9.47 Å². The standard InChI is InChI=1S/C21H28Cl4O4/c1-2-3-10-13-28-17(26)11-8-6-4-5-7-9-12-18(27)29-21-19(24)15(22)14-16(23)20(21)25/h14H,2-13H2,1H3. The lowest BCUT2D eigenvalue weighted by Crippen LogP contribution is -2.08. The second-order valence-electron chi connectivity index (χ2n) is 6.82. The largest absolute Gasteiger partial charge is 0.466 e. The summed E-state index contributed by atoms with van der Waals surface area (Å²) in [5.41, 5.74) is 0. The number of esters is 2. The Balaban J connectivity index is 2.11. The minimum absolute atomic E-state index is 0.00239. The second kappa shape index (κ2) is 15.2. The van der Waals surface area contributed by atoms with Gasteiger partial charge in [0, 0.05) is 12.8 Å². The van der Waals surface area contributed by atoms with Gasteiger partial charge in [0.2, 0.25) is 0 Å². The van der Waals surface area contributed by atoms with E-state index >= 15 is 0 Å². The highest BCUT2D eigenvalue weighted by molar-refractivity contribution is 6.48. The average Bonchev–Trinajstić information content (AvgIpc) is 2.69. The third-order valence-electron chi connectivity index (χ3n) is 4.31. The third-order valence-corrected chi connectivity index (χ3v) is 5.85. The van der Waals surface area contributed by atoms with E-state index in [1.807, 2.05) is 0 Å². The monoisotopic (exact) mass is 484 g/mol. The number of carbonyl (C=O) groups excluding carboxylic acids is 2. The summed E-state index contributed by atoms with van der Waals surface area (Å²) in [5.74, 6) is -0.544. The lowest BCUT2D eigenvalue weighted by molar-refractivity contribution is -0.144. The summed E-state index contributed by atoms with van der Waals surface area (Å²) in [5, 5.41) is 0.485. The molecular weight excluding hydrogens is 458 g/mol. The Morgan fingerprint density at radius 2 is 1.28 bits per heavy atom. The normalized spacial score (nSPS) is 10.8. The summed E-state index contributed by atoms with van der Waals surface area (Å²) in [4.78, 5) is 23.5. The molecule has 0 aliphatic rings. The lowest BCUT2D eigenvalue weighted by Gasteiger charge is -2.10. The van der Waals surface area contributed by atoms with Crippen LogP contribution in [0.1, 0.15) is 77.6 Å². The summed E-state index contributed by atoms with van der Waals surface area (Å²) in [6.07, 6.45) is 9.27. The van der Waals surface area contributed by atoms with Crippen LogP contribution in [0.2, 0.25) is 20.1 Å². The molecule has 0 fully saturated rings. The average molecular weight is 486 g/mol. The fourth-order valence-electron chi connectivity index (χ4n) is 2.66. The molecule has 0 amide bonds. The van der Waals surface area contributed by atoms with Crippen LogP contribution in [0.4, 0.5) is 0 Å². The summed E-state index contributed by atoms with van der Waals surface area (Å²) < 4.78 is 10.4. The zero-order chi connectivity index (χ0) is 21.6. The van der Waals surface area contributed by atoms with E-state index < -0.39 is 5.97 Å². The van der Waals surface area contributed by atoms with Crippen molar-refractivity contribution >= 4 is 58.3 Å². The molecule has 29 heavy (non-hydrogen) atoms. The van der Waals surface area contributed by atoms with Crippen LogP contribution in [-0.2, 0) is 14.3 Å². The van der Waals surface area contributed by atoms with E-state index in [0.29, 0.717) is 19.4 Å². The molecule has 0 radical (unpaired) electrons. The van der Waals surface area contributed by atoms with Gasteiger partial charge in [-0.15, -0.1) is 0 Å². The zero-order valence-electron chi connectivity index (χ0n) is 16.7. The molecule has 0 saturated carbocycles. The molecule has 0 atom stereocenters. The predicted molar refractivity (Wildman–Crippen MR) is 120 cm³/mol. The Bertz CT molecular complexity index is 638. The summed E-state index contributed by atoms with van der Waals surface area (Å²) in [6, 6.07) is 1.40. The van der Waals surface area contributed by atoms with Gasteiger partial charge in [-0.05, 0) is 25.3 Å². The van der Waals surface area contributed by atoms with Gasteiger partial charge in [0.25, 0.3) is 0 Å². The van der Waals surface area contributed by atoms with Crippen molar-refractivity contribution in [3.8, 4) is 5.75 Å². The summed E-state index contributed by atoms with van der Waals surface area (Å²) >= 11 is 23.9. The SMILES string of the molecule is CCCCCOC(=O)CCCCCCCCC(=O)Oc1c(Cl)c(Cl)cc(Cl)c1Cl. The van der Waals surface area contributed by atoms with Gasteiger partial charge in [0.05, 0.1) is 16.7 Å². The van der Waals surface area contributed by atoms with Crippen molar-refractivity contribution in [1.29, 1.82) is 0 Å². The molecule has 0 aromatic heterocycles. The lowest BCUT2D eigenvalue weighted by atomic mass is 10.1. The minimum atomic E-state index is -0.432. The van der Waals surface area contributed by atoms with Crippen LogP contribution in [0.15, 0.2) is 6.07 Å². The highest BCUT2D eigenvalue weighted by Crippen LogP contribution is 2.42. The van der Waals surface area contributed by atoms with E-state index in [-0.39, 0.29) is 38.2 Å². The van der Waals surface area contributed by atoms with E-state index in [1.54, 1.807) is 0 Å². The number of carbonyl (C=O) groups is 2. The Morgan fingerprint density at radius 3 is 1.83 bits per heavy atom. The maximum Gasteiger partial charge on any atom is 0.311 e. The summed E-state index contributed by atoms with van der Waals surface area (Å²) in [6.45, 7) is 2.64. The van der Waals surface area contributed by atoms with Crippen molar-refractivity contribution < 1.29 is 19.1 Å². The van der Waals surface area contributed by atoms with Crippen molar-refractivity contribution in [3.63, 3.8) is 0 Å². The molecule has 0 heterocycles. The van der Waals surface area contributed by atoms with Crippen LogP contribution < -0.4 is 4.74 Å². The van der Waals surface area contributed by atoms with E-state index in [2.05, 4.69) is 6.92 Å². The number of unbranched alkanes of at least 4 members (excludes halogenated alkanes) is 7. The first kappa shape index (κ1) is 26.4. The van der Waals surface area contributed by atoms with Crippen molar-refractivity contribution in [2.45, 2.75) is 77.6 Å². The Kier molecular flexibility index (Phi) is 13.8. The maximum absolute atomic E-state index is 12.0. The van der Waals surface area contributed by atoms with Crippen LogP contribution in [-0.4, -0.2) is 18.5 Å². The molecule has 8 heteroatoms. The quantitative estimate of drug-likeness (QED) is 0.116. The first-order valence-electron chi connectivity index (χ1n) is 10.1.